The van der Waals surface area contributed by atoms with Crippen molar-refractivity contribution in [3.63, 3.8) is 0 Å². The van der Waals surface area contributed by atoms with Gasteiger partial charge in [0.25, 0.3) is 5.91 Å². The monoisotopic (exact) mass is 382 g/mol. The van der Waals surface area contributed by atoms with E-state index in [4.69, 9.17) is 11.6 Å². The lowest BCUT2D eigenvalue weighted by molar-refractivity contribution is 0.0698. The van der Waals surface area contributed by atoms with Gasteiger partial charge in [0.2, 0.25) is 10.0 Å². The number of carbonyl (C=O) groups excluding carboxylic acids is 1. The van der Waals surface area contributed by atoms with Gasteiger partial charge in [-0.1, -0.05) is 23.7 Å². The third-order valence-electron chi connectivity index (χ3n) is 4.08. The van der Waals surface area contributed by atoms with Gasteiger partial charge in [0.05, 0.1) is 15.5 Å². The summed E-state index contributed by atoms with van der Waals surface area (Å²) in [6, 6.07) is 11.5. The van der Waals surface area contributed by atoms with Crippen molar-refractivity contribution in [2.45, 2.75) is 4.90 Å². The van der Waals surface area contributed by atoms with Crippen molar-refractivity contribution >= 4 is 27.5 Å². The lowest BCUT2D eigenvalue weighted by atomic mass is 10.2. The van der Waals surface area contributed by atoms with Crippen LogP contribution in [0.15, 0.2) is 53.4 Å². The summed E-state index contributed by atoms with van der Waals surface area (Å²) in [6.45, 7) is 0.890. The molecule has 0 bridgehead atoms. The molecule has 1 amide bonds. The number of benzene rings is 2. The molecule has 3 rings (SSSR count). The summed E-state index contributed by atoms with van der Waals surface area (Å²) in [6.07, 6.45) is 0. The van der Waals surface area contributed by atoms with E-state index in [2.05, 4.69) is 0 Å². The first-order valence-electron chi connectivity index (χ1n) is 7.69. The molecule has 132 valence electrons. The van der Waals surface area contributed by atoms with Gasteiger partial charge >= 0.3 is 0 Å². The third-order valence-corrected chi connectivity index (χ3v) is 6.32. The quantitative estimate of drug-likeness (QED) is 0.820. The highest BCUT2D eigenvalue weighted by atomic mass is 35.5. The molecule has 25 heavy (non-hydrogen) atoms. The molecule has 1 aliphatic heterocycles. The number of rotatable bonds is 3. The summed E-state index contributed by atoms with van der Waals surface area (Å²) >= 11 is 6.05. The minimum Gasteiger partial charge on any atom is -0.336 e. The van der Waals surface area contributed by atoms with Gasteiger partial charge in [-0.05, 0) is 36.4 Å². The van der Waals surface area contributed by atoms with E-state index in [0.717, 1.165) is 12.1 Å². The molecule has 8 heteroatoms. The normalized spacial score (nSPS) is 16.0. The van der Waals surface area contributed by atoms with Crippen molar-refractivity contribution in [2.24, 2.45) is 0 Å². The van der Waals surface area contributed by atoms with Gasteiger partial charge in [0, 0.05) is 26.2 Å². The molecule has 0 atom stereocenters. The van der Waals surface area contributed by atoms with Crippen molar-refractivity contribution < 1.29 is 17.6 Å². The van der Waals surface area contributed by atoms with Crippen LogP contribution in [0.25, 0.3) is 0 Å². The van der Waals surface area contributed by atoms with E-state index in [1.165, 1.54) is 16.4 Å². The van der Waals surface area contributed by atoms with Gasteiger partial charge in [-0.25, -0.2) is 12.8 Å². The predicted octanol–water partition coefficient (Wildman–Crippen LogP) is 2.63. The van der Waals surface area contributed by atoms with Crippen molar-refractivity contribution in [1.29, 1.82) is 0 Å². The zero-order valence-electron chi connectivity index (χ0n) is 13.2. The van der Waals surface area contributed by atoms with Crippen molar-refractivity contribution in [3.8, 4) is 0 Å². The minimum atomic E-state index is -3.70. The first-order valence-corrected chi connectivity index (χ1v) is 9.51. The lowest BCUT2D eigenvalue weighted by Crippen LogP contribution is -2.50. The smallest absolute Gasteiger partial charge is 0.255 e. The highest BCUT2D eigenvalue weighted by Crippen LogP contribution is 2.21. The van der Waals surface area contributed by atoms with Crippen molar-refractivity contribution in [3.05, 3.63) is 64.9 Å². The van der Waals surface area contributed by atoms with Gasteiger partial charge in [-0.2, -0.15) is 4.31 Å². The van der Waals surface area contributed by atoms with E-state index in [0.29, 0.717) is 10.6 Å². The van der Waals surface area contributed by atoms with Gasteiger partial charge in [0.1, 0.15) is 5.82 Å². The van der Waals surface area contributed by atoms with Crippen LogP contribution in [0.4, 0.5) is 4.39 Å². The topological polar surface area (TPSA) is 57.7 Å². The summed E-state index contributed by atoms with van der Waals surface area (Å²) in [4.78, 5) is 14.1. The first kappa shape index (κ1) is 17.8. The molecule has 0 radical (unpaired) electrons. The van der Waals surface area contributed by atoms with Crippen LogP contribution in [-0.4, -0.2) is 49.7 Å². The summed E-state index contributed by atoms with van der Waals surface area (Å²) in [5.74, 6) is -0.710. The maximum absolute atomic E-state index is 13.0. The maximum Gasteiger partial charge on any atom is 0.255 e. The molecule has 0 unspecified atom stereocenters. The summed E-state index contributed by atoms with van der Waals surface area (Å²) in [5.41, 5.74) is 0.402. The second kappa shape index (κ2) is 7.11. The molecule has 1 aliphatic rings. The second-order valence-electron chi connectivity index (χ2n) is 5.63. The van der Waals surface area contributed by atoms with Crippen molar-refractivity contribution in [1.82, 2.24) is 9.21 Å². The Balaban J connectivity index is 1.70. The minimum absolute atomic E-state index is 0.0415. The van der Waals surface area contributed by atoms with E-state index >= 15 is 0 Å². The van der Waals surface area contributed by atoms with Crippen LogP contribution >= 0.6 is 11.6 Å². The molecule has 1 fully saturated rings. The number of amides is 1. The molecule has 1 saturated heterocycles. The van der Waals surface area contributed by atoms with Crippen molar-refractivity contribution in [2.75, 3.05) is 26.2 Å². The Morgan fingerprint density at radius 1 is 0.960 bits per heavy atom. The highest BCUT2D eigenvalue weighted by molar-refractivity contribution is 7.89. The molecular formula is C17H16ClFN2O3S. The van der Waals surface area contributed by atoms with Gasteiger partial charge in [-0.15, -0.1) is 0 Å². The van der Waals surface area contributed by atoms with Crippen LogP contribution in [0.3, 0.4) is 0 Å². The predicted molar refractivity (Wildman–Crippen MR) is 92.5 cm³/mol. The number of hydrogen-bond donors (Lipinski definition) is 0. The van der Waals surface area contributed by atoms with Crippen LogP contribution in [0.2, 0.25) is 5.02 Å². The molecule has 1 heterocycles. The number of piperazine rings is 1. The van der Waals surface area contributed by atoms with Crippen LogP contribution in [0.5, 0.6) is 0 Å². The number of hydrogen-bond acceptors (Lipinski definition) is 3. The van der Waals surface area contributed by atoms with E-state index in [-0.39, 0.29) is 37.0 Å². The summed E-state index contributed by atoms with van der Waals surface area (Å²) in [7, 11) is -3.70. The molecule has 0 aromatic heterocycles. The van der Waals surface area contributed by atoms with E-state index in [1.54, 1.807) is 29.2 Å². The Hall–Kier alpha value is -1.96. The lowest BCUT2D eigenvalue weighted by Gasteiger charge is -2.34. The third kappa shape index (κ3) is 3.68. The van der Waals surface area contributed by atoms with Gasteiger partial charge in [0.15, 0.2) is 0 Å². The zero-order chi connectivity index (χ0) is 18.0. The molecule has 2 aromatic rings. The summed E-state index contributed by atoms with van der Waals surface area (Å²) in [5, 5.41) is 0.369. The van der Waals surface area contributed by atoms with Crippen LogP contribution in [0, 0.1) is 5.82 Å². The van der Waals surface area contributed by atoms with Crippen LogP contribution in [-0.2, 0) is 10.0 Å². The average Bonchev–Trinajstić information content (AvgIpc) is 2.62. The highest BCUT2D eigenvalue weighted by Gasteiger charge is 2.30. The Morgan fingerprint density at radius 3 is 2.16 bits per heavy atom. The average molecular weight is 383 g/mol. The number of halogens is 2. The SMILES string of the molecule is O=C(c1ccccc1Cl)N1CCN(S(=O)(=O)c2ccc(F)cc2)CC1. The van der Waals surface area contributed by atoms with Gasteiger partial charge in [-0.3, -0.25) is 4.79 Å². The Labute approximate surface area is 150 Å². The Bertz CT molecular complexity index is 879. The Morgan fingerprint density at radius 2 is 1.56 bits per heavy atom. The second-order valence-corrected chi connectivity index (χ2v) is 7.98. The maximum atomic E-state index is 13.0. The fourth-order valence-electron chi connectivity index (χ4n) is 2.69. The fourth-order valence-corrected chi connectivity index (χ4v) is 4.33. The molecule has 0 aliphatic carbocycles. The molecule has 0 spiro atoms. The molecule has 2 aromatic carbocycles. The molecule has 0 saturated carbocycles. The fraction of sp³-hybridized carbons (Fsp3) is 0.235. The van der Waals surface area contributed by atoms with Gasteiger partial charge < -0.3 is 4.90 Å². The molecule has 0 N–H and O–H groups in total. The molecule has 5 nitrogen and oxygen atoms in total. The van der Waals surface area contributed by atoms with E-state index in [1.807, 2.05) is 0 Å². The van der Waals surface area contributed by atoms with Crippen LogP contribution in [0.1, 0.15) is 10.4 Å². The summed E-state index contributed by atoms with van der Waals surface area (Å²) < 4.78 is 39.4. The van der Waals surface area contributed by atoms with E-state index in [9.17, 15) is 17.6 Å². The Kier molecular flexibility index (Phi) is 5.08. The largest absolute Gasteiger partial charge is 0.336 e. The first-order chi connectivity index (χ1) is 11.9. The number of sulfonamides is 1. The molecular weight excluding hydrogens is 367 g/mol. The van der Waals surface area contributed by atoms with E-state index < -0.39 is 15.8 Å². The standard InChI is InChI=1S/C17H16ClFN2O3S/c18-16-4-2-1-3-15(16)17(22)20-9-11-21(12-10-20)25(23,24)14-7-5-13(19)6-8-14/h1-8H,9-12H2. The zero-order valence-corrected chi connectivity index (χ0v) is 14.8. The number of nitrogens with zero attached hydrogens (tertiary/aromatic N) is 2. The number of carbonyl (C=O) groups is 1. The van der Waals surface area contributed by atoms with Crippen LogP contribution < -0.4 is 0 Å².